The van der Waals surface area contributed by atoms with Crippen LogP contribution in [0.4, 0.5) is 0 Å². The van der Waals surface area contributed by atoms with Gasteiger partial charge in [-0.15, -0.1) is 0 Å². The molecule has 0 radical (unpaired) electrons. The summed E-state index contributed by atoms with van der Waals surface area (Å²) >= 11 is 0. The molecule has 0 amide bonds. The van der Waals surface area contributed by atoms with E-state index in [4.69, 9.17) is 20.6 Å². The smallest absolute Gasteiger partial charge is 0.748 e. The van der Waals surface area contributed by atoms with Crippen molar-refractivity contribution in [2.75, 3.05) is 37.9 Å². The molecule has 0 bridgehead atoms. The molecule has 1 N–H and O–H groups in total. The van der Waals surface area contributed by atoms with Crippen LogP contribution in [0.25, 0.3) is 0 Å². The third kappa shape index (κ3) is 26.6. The average Bonchev–Trinajstić information content (AvgIpc) is 2.91. The van der Waals surface area contributed by atoms with Gasteiger partial charge in [-0.25, -0.2) is 8.42 Å². The molecule has 3 rings (SSSR count). The number of aryl methyl sites for hydroxylation is 2. The van der Waals surface area contributed by atoms with E-state index >= 15 is 0 Å². The second-order valence-corrected chi connectivity index (χ2v) is 11.6. The minimum absolute atomic E-state index is 0. The molecule has 1 heterocycles. The zero-order chi connectivity index (χ0) is 28.5. The SMILES string of the molecule is N#N.O=S(=O)([O-])CCCCOCCCc1ccccc1.O=S1(=O)CCCCO1.OCCCc1ccccc1.[Na+]. The van der Waals surface area contributed by atoms with Crippen molar-refractivity contribution in [3.8, 4) is 0 Å². The molecule has 1 fully saturated rings. The molecular formula is C26H39N2NaO8S2. The van der Waals surface area contributed by atoms with Crippen LogP contribution in [-0.4, -0.2) is 64.4 Å². The van der Waals surface area contributed by atoms with Crippen molar-refractivity contribution in [2.24, 2.45) is 0 Å². The van der Waals surface area contributed by atoms with Crippen LogP contribution in [0.15, 0.2) is 60.7 Å². The molecule has 0 unspecified atom stereocenters. The third-order valence-corrected chi connectivity index (χ3v) is 7.15. The number of hydrogen-bond acceptors (Lipinski definition) is 10. The van der Waals surface area contributed by atoms with Gasteiger partial charge >= 0.3 is 29.6 Å². The quantitative estimate of drug-likeness (QED) is 0.121. The summed E-state index contributed by atoms with van der Waals surface area (Å²) in [5.74, 6) is -0.0899. The third-order valence-electron chi connectivity index (χ3n) is 5.05. The Morgan fingerprint density at radius 3 is 1.77 bits per heavy atom. The fourth-order valence-electron chi connectivity index (χ4n) is 3.16. The Labute approximate surface area is 255 Å². The van der Waals surface area contributed by atoms with E-state index in [0.717, 1.165) is 38.5 Å². The van der Waals surface area contributed by atoms with Crippen LogP contribution >= 0.6 is 0 Å². The Kier molecular flexibility index (Phi) is 26.0. The summed E-state index contributed by atoms with van der Waals surface area (Å²) in [6.45, 7) is 1.85. The summed E-state index contributed by atoms with van der Waals surface area (Å²) in [7, 11) is -7.15. The topological polar surface area (TPSA) is 178 Å². The Bertz CT molecular complexity index is 1040. The van der Waals surface area contributed by atoms with E-state index in [2.05, 4.69) is 28.4 Å². The molecule has 13 heteroatoms. The first kappa shape index (κ1) is 39.7. The Balaban J connectivity index is 0. The van der Waals surface area contributed by atoms with Crippen LogP contribution in [0, 0.1) is 10.8 Å². The molecule has 1 aliphatic rings. The van der Waals surface area contributed by atoms with Crippen LogP contribution in [0.1, 0.15) is 49.7 Å². The summed E-state index contributed by atoms with van der Waals surface area (Å²) < 4.78 is 61.6. The van der Waals surface area contributed by atoms with Crippen LogP contribution in [-0.2, 0) is 42.0 Å². The summed E-state index contributed by atoms with van der Waals surface area (Å²) in [5, 5.41) is 20.5. The van der Waals surface area contributed by atoms with Crippen LogP contribution < -0.4 is 29.6 Å². The number of ether oxygens (including phenoxy) is 1. The Morgan fingerprint density at radius 1 is 0.846 bits per heavy atom. The van der Waals surface area contributed by atoms with Gasteiger partial charge in [0.1, 0.15) is 0 Å². The van der Waals surface area contributed by atoms with E-state index in [1.807, 2.05) is 36.4 Å². The van der Waals surface area contributed by atoms with E-state index < -0.39 is 20.2 Å². The summed E-state index contributed by atoms with van der Waals surface area (Å²) in [6, 6.07) is 20.4. The zero-order valence-electron chi connectivity index (χ0n) is 22.7. The van der Waals surface area contributed by atoms with Gasteiger partial charge in [-0.2, -0.15) is 8.42 Å². The standard InChI is InChI=1S/C13H20O4S.C9H12O.C4H8O3S.N2.Na/c14-18(15,16)12-5-4-10-17-11-6-9-13-7-2-1-3-8-13;10-8-4-7-9-5-2-1-3-6-9;5-8(6)4-2-1-3-7-8;1-2;/h1-3,7-8H,4-6,9-12H2,(H,14,15,16);1-3,5-6,10H,4,7-8H2;1-4H2;;/q;;;;+1/p-1. The zero-order valence-corrected chi connectivity index (χ0v) is 26.3. The molecule has 0 saturated carbocycles. The van der Waals surface area contributed by atoms with Gasteiger partial charge in [0.25, 0.3) is 10.1 Å². The second-order valence-electron chi connectivity index (χ2n) is 8.27. The van der Waals surface area contributed by atoms with Gasteiger partial charge < -0.3 is 14.4 Å². The maximum absolute atomic E-state index is 10.4. The Hall–Kier alpha value is -1.40. The van der Waals surface area contributed by atoms with Crippen molar-refractivity contribution >= 4 is 20.2 Å². The van der Waals surface area contributed by atoms with Gasteiger partial charge in [-0.1, -0.05) is 60.7 Å². The maximum Gasteiger partial charge on any atom is 1.00 e. The van der Waals surface area contributed by atoms with E-state index in [9.17, 15) is 21.4 Å². The molecule has 1 aliphatic heterocycles. The number of rotatable bonds is 12. The normalized spacial score (nSPS) is 13.5. The molecule has 0 aliphatic carbocycles. The summed E-state index contributed by atoms with van der Waals surface area (Å²) in [4.78, 5) is 0. The van der Waals surface area contributed by atoms with Gasteiger partial charge in [0, 0.05) is 36.4 Å². The van der Waals surface area contributed by atoms with Crippen molar-refractivity contribution in [1.29, 1.82) is 10.8 Å². The predicted octanol–water partition coefficient (Wildman–Crippen LogP) is 0.733. The fourth-order valence-corrected chi connectivity index (χ4v) is 4.77. The molecule has 1 saturated heterocycles. The monoisotopic (exact) mass is 594 g/mol. The molecule has 0 spiro atoms. The number of unbranched alkanes of at least 4 members (excludes halogenated alkanes) is 1. The molecule has 39 heavy (non-hydrogen) atoms. The number of aliphatic hydroxyl groups excluding tert-OH is 1. The molecule has 2 aromatic carbocycles. The molecular weight excluding hydrogens is 555 g/mol. The van der Waals surface area contributed by atoms with Gasteiger partial charge in [0.15, 0.2) is 0 Å². The Morgan fingerprint density at radius 2 is 1.36 bits per heavy atom. The van der Waals surface area contributed by atoms with Gasteiger partial charge in [0.2, 0.25) is 0 Å². The van der Waals surface area contributed by atoms with Crippen molar-refractivity contribution in [3.05, 3.63) is 71.8 Å². The molecule has 214 valence electrons. The second kappa shape index (κ2) is 25.6. The minimum Gasteiger partial charge on any atom is -0.748 e. The summed E-state index contributed by atoms with van der Waals surface area (Å²) in [5.41, 5.74) is 2.59. The van der Waals surface area contributed by atoms with Crippen molar-refractivity contribution in [2.45, 2.75) is 51.4 Å². The average molecular weight is 595 g/mol. The van der Waals surface area contributed by atoms with Crippen LogP contribution in [0.3, 0.4) is 0 Å². The number of benzene rings is 2. The maximum atomic E-state index is 10.4. The van der Waals surface area contributed by atoms with Crippen molar-refractivity contribution < 1.29 is 65.0 Å². The first-order valence-corrected chi connectivity index (χ1v) is 15.6. The summed E-state index contributed by atoms with van der Waals surface area (Å²) in [6.07, 6.45) is 6.40. The van der Waals surface area contributed by atoms with E-state index in [-0.39, 0.29) is 47.7 Å². The number of aliphatic hydroxyl groups is 1. The number of nitrogens with zero attached hydrogens (tertiary/aromatic N) is 2. The fraction of sp³-hybridized carbons (Fsp3) is 0.538. The predicted molar refractivity (Wildman–Crippen MR) is 144 cm³/mol. The van der Waals surface area contributed by atoms with Crippen molar-refractivity contribution in [3.63, 3.8) is 0 Å². The van der Waals surface area contributed by atoms with Crippen molar-refractivity contribution in [1.82, 2.24) is 0 Å². The van der Waals surface area contributed by atoms with Gasteiger partial charge in [-0.05, 0) is 62.5 Å². The number of hydrogen-bond donors (Lipinski definition) is 1. The first-order valence-electron chi connectivity index (χ1n) is 12.5. The minimum atomic E-state index is -4.06. The molecule has 2 aromatic rings. The van der Waals surface area contributed by atoms with Crippen LogP contribution in [0.2, 0.25) is 0 Å². The molecule has 0 atom stereocenters. The van der Waals surface area contributed by atoms with Gasteiger partial charge in [0.05, 0.1) is 22.5 Å². The van der Waals surface area contributed by atoms with Gasteiger partial charge in [-0.3, -0.25) is 4.18 Å². The van der Waals surface area contributed by atoms with E-state index in [0.29, 0.717) is 32.7 Å². The largest absolute Gasteiger partial charge is 1.00 e. The van der Waals surface area contributed by atoms with Crippen LogP contribution in [0.5, 0.6) is 0 Å². The molecule has 10 nitrogen and oxygen atoms in total. The van der Waals surface area contributed by atoms with E-state index in [1.165, 1.54) is 11.1 Å². The first-order chi connectivity index (χ1) is 18.2. The van der Waals surface area contributed by atoms with E-state index in [1.54, 1.807) is 0 Å². The molecule has 0 aromatic heterocycles.